The Balaban J connectivity index is 0.784. The summed E-state index contributed by atoms with van der Waals surface area (Å²) in [5.74, 6) is 0.320. The molecule has 0 spiro atoms. The van der Waals surface area contributed by atoms with E-state index in [4.69, 9.17) is 42.6 Å². The number of aliphatic hydroxyl groups excluding tert-OH is 14. The van der Waals surface area contributed by atoms with Gasteiger partial charge in [0.05, 0.1) is 45.2 Å². The minimum absolute atomic E-state index is 0.0136. The number of ether oxygens (including phenoxy) is 9. The number of hydrogen-bond donors (Lipinski definition) is 15. The molecule has 15 N–H and O–H groups in total. The molecule has 24 heteroatoms. The second kappa shape index (κ2) is 23.1. The maximum absolute atomic E-state index is 12.1. The molecule has 0 bridgehead atoms. The molecule has 9 rings (SSSR count). The van der Waals surface area contributed by atoms with Crippen LogP contribution in [-0.4, -0.2) is 250 Å². The molecule has 0 amide bonds. The van der Waals surface area contributed by atoms with Gasteiger partial charge in [0.15, 0.2) is 30.9 Å². The lowest BCUT2D eigenvalue weighted by Gasteiger charge is -2.61. The number of hydrogen-bond acceptors (Lipinski definition) is 24. The lowest BCUT2D eigenvalue weighted by atomic mass is 9.44. The van der Waals surface area contributed by atoms with Crippen molar-refractivity contribution in [3.05, 3.63) is 0 Å². The largest absolute Gasteiger partial charge is 0.394 e. The summed E-state index contributed by atoms with van der Waals surface area (Å²) in [6.45, 7) is 6.15. The lowest BCUT2D eigenvalue weighted by molar-refractivity contribution is -0.390. The van der Waals surface area contributed by atoms with Crippen molar-refractivity contribution in [3.63, 3.8) is 0 Å². The Morgan fingerprint density at radius 3 is 1.69 bits per heavy atom. The van der Waals surface area contributed by atoms with Crippen LogP contribution >= 0.6 is 0 Å². The van der Waals surface area contributed by atoms with Gasteiger partial charge in [-0.05, 0) is 104 Å². The lowest BCUT2D eigenvalue weighted by Crippen LogP contribution is -2.67. The van der Waals surface area contributed by atoms with Crippen LogP contribution < -0.4 is 0 Å². The van der Waals surface area contributed by atoms with Crippen molar-refractivity contribution in [2.75, 3.05) is 33.0 Å². The summed E-state index contributed by atoms with van der Waals surface area (Å²) in [7, 11) is 0. The predicted octanol–water partition coefficient (Wildman–Crippen LogP) is -3.95. The number of rotatable bonds is 16. The van der Waals surface area contributed by atoms with Gasteiger partial charge in [0.1, 0.15) is 97.7 Å². The van der Waals surface area contributed by atoms with Crippen molar-refractivity contribution in [3.8, 4) is 0 Å². The minimum atomic E-state index is -1.92. The quantitative estimate of drug-likeness (QED) is 0.0656. The predicted molar refractivity (Wildman–Crippen MR) is 252 cm³/mol. The van der Waals surface area contributed by atoms with Crippen LogP contribution in [0.25, 0.3) is 0 Å². The van der Waals surface area contributed by atoms with E-state index in [1.807, 2.05) is 6.92 Å². The summed E-state index contributed by atoms with van der Waals surface area (Å²) in [4.78, 5) is 0. The minimum Gasteiger partial charge on any atom is -0.394 e. The number of aliphatic hydroxyl groups is 15. The molecule has 5 aliphatic heterocycles. The Morgan fingerprint density at radius 1 is 0.533 bits per heavy atom. The third-order valence-corrected chi connectivity index (χ3v) is 20.1. The van der Waals surface area contributed by atoms with Crippen molar-refractivity contribution in [2.24, 2.45) is 52.3 Å². The van der Waals surface area contributed by atoms with Crippen molar-refractivity contribution in [1.82, 2.24) is 0 Å². The maximum Gasteiger partial charge on any atom is 0.187 e. The molecular weight excluding hydrogens is 997 g/mol. The first-order chi connectivity index (χ1) is 35.5. The normalized spacial score (nSPS) is 55.4. The molecule has 9 aliphatic rings. The van der Waals surface area contributed by atoms with Crippen LogP contribution in [-0.2, 0) is 42.6 Å². The maximum atomic E-state index is 12.1. The van der Waals surface area contributed by atoms with Crippen LogP contribution in [0.4, 0.5) is 0 Å². The molecule has 32 atom stereocenters. The molecule has 0 radical (unpaired) electrons. The highest BCUT2D eigenvalue weighted by molar-refractivity contribution is 5.15. The van der Waals surface area contributed by atoms with Gasteiger partial charge in [-0.1, -0.05) is 27.7 Å². The third kappa shape index (κ3) is 10.7. The summed E-state index contributed by atoms with van der Waals surface area (Å²) in [6.07, 6.45) is -24.3. The summed E-state index contributed by atoms with van der Waals surface area (Å²) in [6, 6.07) is 0. The standard InChI is InChI=1S/C51H86O24/c1-20(19-67-45-40(63)36(59)33(56)28(15-52)69-45)7-12-51(66)21(2)32-27(75-51)14-26-24-6-5-22-13-23(8-10-49(22,3)25(24)9-11-50(26,32)4)68-46-42(65)39(62)43(31(18-55)72-46)73-48-44(38(61)35(58)30(17-54)71-48)74-47-41(64)37(60)34(57)29(16-53)70-47/h20-48,52-66H,5-19H2,1-4H3/t20?,21-,22-,23-,24+,25-,26-,27-,28+,29+,30+,31+,32-,33+,34-,35+,36-,37-,38-,39+,40+,41+,42+,43-,44+,45+,46+,47-,48-,49-,50-,51+/m0/s1. The molecule has 4 saturated carbocycles. The molecule has 5 heterocycles. The van der Waals surface area contributed by atoms with E-state index in [1.54, 1.807) is 0 Å². The molecule has 24 nitrogen and oxygen atoms in total. The van der Waals surface area contributed by atoms with E-state index in [9.17, 15) is 76.6 Å². The van der Waals surface area contributed by atoms with Gasteiger partial charge < -0.3 is 119 Å². The Labute approximate surface area is 436 Å². The molecule has 9 fully saturated rings. The fourth-order valence-corrected chi connectivity index (χ4v) is 15.6. The van der Waals surface area contributed by atoms with Crippen molar-refractivity contribution >= 4 is 0 Å². The van der Waals surface area contributed by atoms with Crippen molar-refractivity contribution < 1.29 is 119 Å². The first-order valence-electron chi connectivity index (χ1n) is 27.4. The summed E-state index contributed by atoms with van der Waals surface area (Å²) in [5, 5.41) is 159. The highest BCUT2D eigenvalue weighted by Crippen LogP contribution is 2.71. The van der Waals surface area contributed by atoms with E-state index in [0.717, 1.165) is 38.5 Å². The Morgan fingerprint density at radius 2 is 1.05 bits per heavy atom. The molecule has 0 aromatic carbocycles. The molecule has 434 valence electrons. The van der Waals surface area contributed by atoms with Crippen molar-refractivity contribution in [2.45, 2.75) is 233 Å². The van der Waals surface area contributed by atoms with E-state index in [2.05, 4.69) is 20.8 Å². The van der Waals surface area contributed by atoms with Gasteiger partial charge >= 0.3 is 0 Å². The van der Waals surface area contributed by atoms with Gasteiger partial charge in [0.25, 0.3) is 0 Å². The summed E-state index contributed by atoms with van der Waals surface area (Å²) < 4.78 is 53.5. The molecule has 0 aromatic rings. The second-order valence-electron chi connectivity index (χ2n) is 24.3. The van der Waals surface area contributed by atoms with Crippen LogP contribution in [0.3, 0.4) is 0 Å². The summed E-state index contributed by atoms with van der Waals surface area (Å²) >= 11 is 0. The van der Waals surface area contributed by atoms with Gasteiger partial charge in [0, 0.05) is 12.3 Å². The van der Waals surface area contributed by atoms with E-state index < -0.39 is 155 Å². The van der Waals surface area contributed by atoms with Crippen LogP contribution in [0.2, 0.25) is 0 Å². The van der Waals surface area contributed by atoms with Crippen molar-refractivity contribution in [1.29, 1.82) is 0 Å². The third-order valence-electron chi connectivity index (χ3n) is 20.1. The molecule has 0 aromatic heterocycles. The zero-order valence-corrected chi connectivity index (χ0v) is 43.2. The van der Waals surface area contributed by atoms with Gasteiger partial charge in [0.2, 0.25) is 0 Å². The first-order valence-corrected chi connectivity index (χ1v) is 27.4. The van der Waals surface area contributed by atoms with Gasteiger partial charge in [-0.25, -0.2) is 0 Å². The fourth-order valence-electron chi connectivity index (χ4n) is 15.6. The summed E-state index contributed by atoms with van der Waals surface area (Å²) in [5.41, 5.74) is -0.0140. The second-order valence-corrected chi connectivity index (χ2v) is 24.3. The Kier molecular flexibility index (Phi) is 18.1. The topological polar surface area (TPSA) is 387 Å². The SMILES string of the molecule is CC(CC[C@@]1(O)O[C@H]2C[C@H]3[C@@H]4CC[C@H]5C[C@@H](O[C@@H]6O[C@H](CO)[C@H](O[C@@H]7O[C@H](CO)[C@@H](O)[C@H](O)[C@H]7O[C@@H]7O[C@H](CO)[C@H](O)[C@H](O)[C@H]7O)[C@H](O)[C@H]6O)CC[C@]5(C)[C@H]4CC[C@]3(C)[C@H]2[C@@H]1C)CO[C@@H]1O[C@H](CO)[C@@H](O)[C@H](O)[C@H]1O. The van der Waals surface area contributed by atoms with E-state index in [1.165, 1.54) is 0 Å². The monoisotopic (exact) mass is 1080 g/mol. The fraction of sp³-hybridized carbons (Fsp3) is 1.00. The number of fused-ring (bicyclic) bond motifs is 7. The molecule has 5 saturated heterocycles. The Hall–Kier alpha value is -0.960. The van der Waals surface area contributed by atoms with E-state index >= 15 is 0 Å². The van der Waals surface area contributed by atoms with Crippen LogP contribution in [0, 0.1) is 52.3 Å². The van der Waals surface area contributed by atoms with E-state index in [0.29, 0.717) is 49.4 Å². The molecule has 75 heavy (non-hydrogen) atoms. The van der Waals surface area contributed by atoms with Gasteiger partial charge in [-0.2, -0.15) is 0 Å². The molecule has 1 unspecified atom stereocenters. The average Bonchev–Trinajstić information content (AvgIpc) is 3.83. The zero-order chi connectivity index (χ0) is 54.2. The average molecular weight is 1080 g/mol. The van der Waals surface area contributed by atoms with Crippen LogP contribution in [0.15, 0.2) is 0 Å². The Bertz CT molecular complexity index is 1870. The van der Waals surface area contributed by atoms with Crippen LogP contribution in [0.5, 0.6) is 0 Å². The molecular formula is C51H86O24. The smallest absolute Gasteiger partial charge is 0.187 e. The highest BCUT2D eigenvalue weighted by Gasteiger charge is 2.68. The zero-order valence-electron chi connectivity index (χ0n) is 43.2. The first kappa shape index (κ1) is 58.7. The molecule has 4 aliphatic carbocycles. The van der Waals surface area contributed by atoms with E-state index in [-0.39, 0.29) is 47.4 Å². The van der Waals surface area contributed by atoms with Crippen LogP contribution in [0.1, 0.15) is 91.9 Å². The van der Waals surface area contributed by atoms with Gasteiger partial charge in [-0.3, -0.25) is 0 Å². The highest BCUT2D eigenvalue weighted by atomic mass is 16.8. The van der Waals surface area contributed by atoms with Gasteiger partial charge in [-0.15, -0.1) is 0 Å².